The van der Waals surface area contributed by atoms with Crippen LogP contribution >= 0.6 is 11.8 Å². The fourth-order valence-corrected chi connectivity index (χ4v) is 4.54. The van der Waals surface area contributed by atoms with Crippen molar-refractivity contribution in [1.82, 2.24) is 14.9 Å². The van der Waals surface area contributed by atoms with Crippen LogP contribution in [0.25, 0.3) is 11.4 Å². The van der Waals surface area contributed by atoms with Crippen LogP contribution in [0.15, 0.2) is 65.5 Å². The average Bonchev–Trinajstić information content (AvgIpc) is 3.18. The molecule has 0 radical (unpaired) electrons. The molecule has 0 saturated heterocycles. The molecule has 30 heavy (non-hydrogen) atoms. The van der Waals surface area contributed by atoms with E-state index in [1.807, 2.05) is 50.4 Å². The molecular weight excluding hydrogens is 394 g/mol. The van der Waals surface area contributed by atoms with E-state index < -0.39 is 0 Å². The van der Waals surface area contributed by atoms with Crippen LogP contribution in [0.5, 0.6) is 0 Å². The second-order valence-corrected chi connectivity index (χ2v) is 8.97. The van der Waals surface area contributed by atoms with Gasteiger partial charge in [-0.25, -0.2) is 4.68 Å². The largest absolute Gasteiger partial charge is 0.347 e. The Balaban J connectivity index is 1.49. The van der Waals surface area contributed by atoms with Crippen molar-refractivity contribution in [3.05, 3.63) is 71.4 Å². The van der Waals surface area contributed by atoms with E-state index in [9.17, 15) is 4.79 Å². The number of likely N-dealkylation sites (N-methyl/N-ethyl adjacent to an activating group) is 1. The first-order valence-electron chi connectivity index (χ1n) is 9.77. The number of rotatable bonds is 5. The van der Waals surface area contributed by atoms with Crippen LogP contribution in [0.2, 0.25) is 0 Å². The van der Waals surface area contributed by atoms with E-state index in [2.05, 4.69) is 41.1 Å². The van der Waals surface area contributed by atoms with Crippen molar-refractivity contribution in [3.8, 4) is 11.4 Å². The van der Waals surface area contributed by atoms with Gasteiger partial charge >= 0.3 is 0 Å². The molecule has 0 unspecified atom stereocenters. The summed E-state index contributed by atoms with van der Waals surface area (Å²) >= 11 is 1.29. The maximum Gasteiger partial charge on any atom is 0.210 e. The third kappa shape index (κ3) is 3.50. The molecule has 0 atom stereocenters. The number of hydrogen-bond acceptors (Lipinski definition) is 6. The number of para-hydroxylation sites is 1. The average molecular weight is 420 g/mol. The van der Waals surface area contributed by atoms with Crippen molar-refractivity contribution in [3.63, 3.8) is 0 Å². The van der Waals surface area contributed by atoms with E-state index in [1.54, 1.807) is 6.08 Å². The number of carbonyl (C=O) groups excluding carboxylic acids is 1. The summed E-state index contributed by atoms with van der Waals surface area (Å²) in [4.78, 5) is 14.9. The van der Waals surface area contributed by atoms with Gasteiger partial charge in [0.05, 0.1) is 5.75 Å². The summed E-state index contributed by atoms with van der Waals surface area (Å²) in [7, 11) is 2.00. The van der Waals surface area contributed by atoms with Gasteiger partial charge in [-0.15, -0.1) is 10.2 Å². The smallest absolute Gasteiger partial charge is 0.210 e. The third-order valence-corrected chi connectivity index (χ3v) is 6.52. The second-order valence-electron chi connectivity index (χ2n) is 8.03. The Kier molecular flexibility index (Phi) is 5.15. The minimum Gasteiger partial charge on any atom is -0.347 e. The molecule has 2 N–H and O–H groups in total. The van der Waals surface area contributed by atoms with Crippen LogP contribution in [0.3, 0.4) is 0 Å². The number of anilines is 1. The topological polar surface area (TPSA) is 77.0 Å². The second kappa shape index (κ2) is 7.65. The first-order valence-corrected chi connectivity index (χ1v) is 10.8. The number of fused-ring (bicyclic) bond motifs is 1. The zero-order chi connectivity index (χ0) is 21.5. The molecule has 3 aromatic rings. The van der Waals surface area contributed by atoms with Crippen molar-refractivity contribution >= 4 is 23.2 Å². The Labute approximate surface area is 180 Å². The summed E-state index contributed by atoms with van der Waals surface area (Å²) in [6.45, 7) is 6.32. The molecule has 0 fully saturated rings. The number of benzene rings is 2. The van der Waals surface area contributed by atoms with Crippen LogP contribution in [0, 0.1) is 6.92 Å². The molecule has 0 bridgehead atoms. The van der Waals surface area contributed by atoms with Gasteiger partial charge in [-0.3, -0.25) is 4.79 Å². The highest BCUT2D eigenvalue weighted by Crippen LogP contribution is 2.46. The van der Waals surface area contributed by atoms with Gasteiger partial charge in [-0.05, 0) is 18.6 Å². The predicted molar refractivity (Wildman–Crippen MR) is 122 cm³/mol. The Bertz CT molecular complexity index is 1130. The standard InChI is InChI=1S/C23H25N5OS/c1-15-9-11-16(12-10-15)21-25-26-22(28(21)24)30-14-17(29)13-20-23(2,3)18-7-5-6-8-19(18)27(20)4/h5-13H,14,24H2,1-4H3/b20-13+. The van der Waals surface area contributed by atoms with Gasteiger partial charge < -0.3 is 10.7 Å². The van der Waals surface area contributed by atoms with Crippen molar-refractivity contribution in [2.75, 3.05) is 23.5 Å². The number of thioether (sulfide) groups is 1. The number of aromatic nitrogens is 3. The fraction of sp³-hybridized carbons (Fsp3) is 0.261. The molecule has 2 aromatic carbocycles. The Morgan fingerprint density at radius 1 is 1.13 bits per heavy atom. The summed E-state index contributed by atoms with van der Waals surface area (Å²) in [6, 6.07) is 16.2. The number of carbonyl (C=O) groups is 1. The summed E-state index contributed by atoms with van der Waals surface area (Å²) < 4.78 is 1.44. The maximum absolute atomic E-state index is 12.8. The lowest BCUT2D eigenvalue weighted by molar-refractivity contribution is -0.112. The van der Waals surface area contributed by atoms with Gasteiger partial charge in [0.25, 0.3) is 0 Å². The molecule has 1 aliphatic rings. The summed E-state index contributed by atoms with van der Waals surface area (Å²) in [5.74, 6) is 7.02. The SMILES string of the molecule is Cc1ccc(-c2nnc(SCC(=O)/C=C3/N(C)c4ccccc4C3(C)C)n2N)cc1. The van der Waals surface area contributed by atoms with Crippen molar-refractivity contribution in [1.29, 1.82) is 0 Å². The molecule has 0 amide bonds. The Hall–Kier alpha value is -3.06. The zero-order valence-corrected chi connectivity index (χ0v) is 18.4. The number of nitrogens with two attached hydrogens (primary N) is 1. The van der Waals surface area contributed by atoms with E-state index >= 15 is 0 Å². The van der Waals surface area contributed by atoms with E-state index in [0.29, 0.717) is 11.0 Å². The summed E-state index contributed by atoms with van der Waals surface area (Å²) in [5, 5.41) is 8.87. The van der Waals surface area contributed by atoms with Crippen LogP contribution in [-0.4, -0.2) is 33.5 Å². The summed E-state index contributed by atoms with van der Waals surface area (Å²) in [6.07, 6.45) is 1.74. The van der Waals surface area contributed by atoms with Gasteiger partial charge in [0.2, 0.25) is 5.16 Å². The number of allylic oxidation sites excluding steroid dienone is 2. The first-order chi connectivity index (χ1) is 14.3. The monoisotopic (exact) mass is 419 g/mol. The number of nitrogen functional groups attached to an aromatic ring is 1. The van der Waals surface area contributed by atoms with Gasteiger partial charge in [0.15, 0.2) is 11.6 Å². The molecule has 0 saturated carbocycles. The molecule has 4 rings (SSSR count). The third-order valence-electron chi connectivity index (χ3n) is 5.56. The molecule has 0 aliphatic carbocycles. The van der Waals surface area contributed by atoms with E-state index in [-0.39, 0.29) is 17.0 Å². The highest BCUT2D eigenvalue weighted by Gasteiger charge is 2.38. The van der Waals surface area contributed by atoms with E-state index in [1.165, 1.54) is 22.0 Å². The number of hydrogen-bond donors (Lipinski definition) is 1. The molecule has 154 valence electrons. The zero-order valence-electron chi connectivity index (χ0n) is 17.6. The Morgan fingerprint density at radius 2 is 1.83 bits per heavy atom. The molecular formula is C23H25N5OS. The van der Waals surface area contributed by atoms with Crippen LogP contribution in [-0.2, 0) is 10.2 Å². The van der Waals surface area contributed by atoms with Gasteiger partial charge in [-0.2, -0.15) is 0 Å². The number of nitrogens with zero attached hydrogens (tertiary/aromatic N) is 4. The molecule has 0 spiro atoms. The highest BCUT2D eigenvalue weighted by atomic mass is 32.2. The van der Waals surface area contributed by atoms with Crippen molar-refractivity contribution in [2.45, 2.75) is 31.3 Å². The molecule has 7 heteroatoms. The van der Waals surface area contributed by atoms with Gasteiger partial charge in [0.1, 0.15) is 0 Å². The molecule has 1 aliphatic heterocycles. The highest BCUT2D eigenvalue weighted by molar-refractivity contribution is 7.99. The molecule has 1 aromatic heterocycles. The minimum atomic E-state index is -0.224. The molecule has 2 heterocycles. The lowest BCUT2D eigenvalue weighted by Crippen LogP contribution is -2.24. The summed E-state index contributed by atoms with van der Waals surface area (Å²) in [5.41, 5.74) is 5.18. The van der Waals surface area contributed by atoms with Gasteiger partial charge in [0, 0.05) is 35.5 Å². The predicted octanol–water partition coefficient (Wildman–Crippen LogP) is 3.94. The number of ketones is 1. The first kappa shape index (κ1) is 20.2. The quantitative estimate of drug-likeness (QED) is 0.383. The van der Waals surface area contributed by atoms with Crippen molar-refractivity contribution in [2.24, 2.45) is 0 Å². The van der Waals surface area contributed by atoms with Crippen LogP contribution in [0.1, 0.15) is 25.0 Å². The van der Waals surface area contributed by atoms with Crippen molar-refractivity contribution < 1.29 is 4.79 Å². The maximum atomic E-state index is 12.8. The molecule has 6 nitrogen and oxygen atoms in total. The van der Waals surface area contributed by atoms with E-state index in [4.69, 9.17) is 5.84 Å². The van der Waals surface area contributed by atoms with E-state index in [0.717, 1.165) is 22.5 Å². The van der Waals surface area contributed by atoms with Crippen LogP contribution in [0.4, 0.5) is 5.69 Å². The lowest BCUT2D eigenvalue weighted by atomic mass is 9.83. The lowest BCUT2D eigenvalue weighted by Gasteiger charge is -2.23. The Morgan fingerprint density at radius 3 is 2.53 bits per heavy atom. The van der Waals surface area contributed by atoms with Gasteiger partial charge in [-0.1, -0.05) is 73.6 Å². The number of aryl methyl sites for hydroxylation is 1. The minimum absolute atomic E-state index is 0.0163. The fourth-order valence-electron chi connectivity index (χ4n) is 3.86. The van der Waals surface area contributed by atoms with Crippen LogP contribution < -0.4 is 10.7 Å². The normalized spacial score (nSPS) is 16.1.